The molecule has 0 aliphatic rings. The minimum absolute atomic E-state index is 0.194. The quantitative estimate of drug-likeness (QED) is 0.587. The summed E-state index contributed by atoms with van der Waals surface area (Å²) in [6, 6.07) is 6.16. The number of anilines is 1. The predicted molar refractivity (Wildman–Crippen MR) is 79.6 cm³/mol. The summed E-state index contributed by atoms with van der Waals surface area (Å²) in [5.74, 6) is -0.194. The second-order valence-corrected chi connectivity index (χ2v) is 5.32. The maximum atomic E-state index is 12.0. The van der Waals surface area contributed by atoms with Gasteiger partial charge in [0.15, 0.2) is 0 Å². The topological polar surface area (TPSA) is 21.3 Å². The van der Waals surface area contributed by atoms with Crippen LogP contribution in [0.3, 0.4) is 0 Å². The third-order valence-electron chi connectivity index (χ3n) is 3.24. The Morgan fingerprint density at radius 1 is 1.05 bits per heavy atom. The molecular weight excluding hydrogens is 279 g/mol. The van der Waals surface area contributed by atoms with Gasteiger partial charge in [-0.05, 0) is 37.6 Å². The minimum atomic E-state index is -4.64. The molecule has 1 aromatic rings. The molecule has 1 aromatic carbocycles. The Bertz CT molecular complexity index is 390. The van der Waals surface area contributed by atoms with Crippen molar-refractivity contribution < 1.29 is 17.9 Å². The minimum Gasteiger partial charge on any atom is -0.406 e. The van der Waals surface area contributed by atoms with E-state index >= 15 is 0 Å². The highest BCUT2D eigenvalue weighted by atomic mass is 19.4. The van der Waals surface area contributed by atoms with Crippen LogP contribution in [0.1, 0.15) is 52.4 Å². The smallest absolute Gasteiger partial charge is 0.406 e. The average Bonchev–Trinajstić information content (AvgIpc) is 2.39. The van der Waals surface area contributed by atoms with Crippen molar-refractivity contribution in [1.29, 1.82) is 0 Å². The lowest BCUT2D eigenvalue weighted by Gasteiger charge is -2.16. The number of hydrogen-bond acceptors (Lipinski definition) is 2. The van der Waals surface area contributed by atoms with Crippen LogP contribution in [0.15, 0.2) is 24.3 Å². The zero-order valence-electron chi connectivity index (χ0n) is 12.7. The maximum Gasteiger partial charge on any atom is 0.573 e. The summed E-state index contributed by atoms with van der Waals surface area (Å²) >= 11 is 0. The van der Waals surface area contributed by atoms with Crippen molar-refractivity contribution in [2.24, 2.45) is 0 Å². The number of alkyl halides is 3. The number of benzene rings is 1. The van der Waals surface area contributed by atoms with Crippen LogP contribution in [-0.4, -0.2) is 12.4 Å². The van der Waals surface area contributed by atoms with Gasteiger partial charge in [-0.15, -0.1) is 13.2 Å². The van der Waals surface area contributed by atoms with Crippen molar-refractivity contribution in [3.05, 3.63) is 24.3 Å². The molecule has 1 unspecified atom stereocenters. The molecule has 0 aliphatic carbocycles. The highest BCUT2D eigenvalue weighted by molar-refractivity contribution is 5.46. The summed E-state index contributed by atoms with van der Waals surface area (Å²) in [6.45, 7) is 4.27. The number of nitrogens with one attached hydrogen (secondary N) is 1. The van der Waals surface area contributed by atoms with Gasteiger partial charge >= 0.3 is 6.36 Å². The molecule has 0 radical (unpaired) electrons. The Balaban J connectivity index is 2.31. The van der Waals surface area contributed by atoms with Gasteiger partial charge in [0.2, 0.25) is 0 Å². The molecule has 0 aliphatic heterocycles. The van der Waals surface area contributed by atoms with E-state index in [-0.39, 0.29) is 5.75 Å². The zero-order chi connectivity index (χ0) is 15.7. The lowest BCUT2D eigenvalue weighted by molar-refractivity contribution is -0.274. The Labute approximate surface area is 124 Å². The molecule has 1 N–H and O–H groups in total. The Kier molecular flexibility index (Phi) is 7.40. The molecule has 1 rings (SSSR count). The molecule has 5 heteroatoms. The van der Waals surface area contributed by atoms with Crippen LogP contribution in [0.25, 0.3) is 0 Å². The Morgan fingerprint density at radius 3 is 2.24 bits per heavy atom. The summed E-state index contributed by atoms with van der Waals surface area (Å²) < 4.78 is 40.0. The number of unbranched alkanes of at least 4 members (excludes halogenated alkanes) is 4. The molecule has 0 saturated heterocycles. The van der Waals surface area contributed by atoms with Crippen molar-refractivity contribution in [2.75, 3.05) is 5.32 Å². The molecule has 2 nitrogen and oxygen atoms in total. The Hall–Kier alpha value is -1.39. The molecule has 0 fully saturated rings. The second-order valence-electron chi connectivity index (χ2n) is 5.32. The van der Waals surface area contributed by atoms with Crippen molar-refractivity contribution in [3.63, 3.8) is 0 Å². The van der Waals surface area contributed by atoms with Crippen LogP contribution in [0.2, 0.25) is 0 Å². The Morgan fingerprint density at radius 2 is 1.67 bits per heavy atom. The van der Waals surface area contributed by atoms with Gasteiger partial charge in [-0.1, -0.05) is 39.0 Å². The normalized spacial score (nSPS) is 13.0. The van der Waals surface area contributed by atoms with E-state index in [9.17, 15) is 13.2 Å². The maximum absolute atomic E-state index is 12.0. The van der Waals surface area contributed by atoms with Crippen molar-refractivity contribution in [1.82, 2.24) is 0 Å². The van der Waals surface area contributed by atoms with Gasteiger partial charge in [0.1, 0.15) is 5.75 Å². The molecule has 0 heterocycles. The number of halogens is 3. The van der Waals surface area contributed by atoms with Gasteiger partial charge in [-0.25, -0.2) is 0 Å². The molecule has 0 saturated carbocycles. The summed E-state index contributed by atoms with van der Waals surface area (Å²) in [5, 5.41) is 3.29. The summed E-state index contributed by atoms with van der Waals surface area (Å²) in [7, 11) is 0. The van der Waals surface area contributed by atoms with Crippen LogP contribution in [0.5, 0.6) is 5.75 Å². The predicted octanol–water partition coefficient (Wildman–Crippen LogP) is 5.75. The molecule has 1 atom stereocenters. The van der Waals surface area contributed by atoms with E-state index in [4.69, 9.17) is 0 Å². The highest BCUT2D eigenvalue weighted by Gasteiger charge is 2.30. The van der Waals surface area contributed by atoms with E-state index in [1.165, 1.54) is 44.2 Å². The SMILES string of the molecule is CCCCCCCC(C)Nc1ccc(OC(F)(F)F)cc1. The highest BCUT2D eigenvalue weighted by Crippen LogP contribution is 2.24. The fraction of sp³-hybridized carbons (Fsp3) is 0.625. The van der Waals surface area contributed by atoms with Gasteiger partial charge in [-0.3, -0.25) is 0 Å². The van der Waals surface area contributed by atoms with E-state index in [1.54, 1.807) is 12.1 Å². The van der Waals surface area contributed by atoms with Gasteiger partial charge in [-0.2, -0.15) is 0 Å². The van der Waals surface area contributed by atoms with Crippen molar-refractivity contribution in [2.45, 2.75) is 64.8 Å². The lowest BCUT2D eigenvalue weighted by Crippen LogP contribution is -2.17. The van der Waals surface area contributed by atoms with E-state index in [0.29, 0.717) is 6.04 Å². The lowest BCUT2D eigenvalue weighted by atomic mass is 10.1. The van der Waals surface area contributed by atoms with Gasteiger partial charge in [0, 0.05) is 11.7 Å². The fourth-order valence-electron chi connectivity index (χ4n) is 2.16. The first-order chi connectivity index (χ1) is 9.90. The molecule has 21 heavy (non-hydrogen) atoms. The standard InChI is InChI=1S/C16H24F3NO/c1-3-4-5-6-7-8-13(2)20-14-9-11-15(12-10-14)21-16(17,18)19/h9-13,20H,3-8H2,1-2H3. The van der Waals surface area contributed by atoms with Crippen molar-refractivity contribution >= 4 is 5.69 Å². The third kappa shape index (κ3) is 8.48. The van der Waals surface area contributed by atoms with Crippen LogP contribution in [0.4, 0.5) is 18.9 Å². The van der Waals surface area contributed by atoms with Gasteiger partial charge in [0.05, 0.1) is 0 Å². The molecule has 0 aromatic heterocycles. The summed E-state index contributed by atoms with van der Waals surface area (Å²) in [6.07, 6.45) is 2.61. The van der Waals surface area contributed by atoms with Gasteiger partial charge < -0.3 is 10.1 Å². The fourth-order valence-corrected chi connectivity index (χ4v) is 2.16. The van der Waals surface area contributed by atoms with Crippen LogP contribution >= 0.6 is 0 Å². The first kappa shape index (κ1) is 17.7. The van der Waals surface area contributed by atoms with E-state index in [0.717, 1.165) is 12.1 Å². The molecular formula is C16H24F3NO. The van der Waals surface area contributed by atoms with Crippen LogP contribution in [-0.2, 0) is 0 Å². The summed E-state index contributed by atoms with van der Waals surface area (Å²) in [4.78, 5) is 0. The van der Waals surface area contributed by atoms with Crippen molar-refractivity contribution in [3.8, 4) is 5.75 Å². The zero-order valence-corrected chi connectivity index (χ0v) is 12.7. The largest absolute Gasteiger partial charge is 0.573 e. The number of rotatable bonds is 9. The van der Waals surface area contributed by atoms with Crippen LogP contribution in [0, 0.1) is 0 Å². The molecule has 120 valence electrons. The first-order valence-corrected chi connectivity index (χ1v) is 7.53. The van der Waals surface area contributed by atoms with E-state index < -0.39 is 6.36 Å². The number of ether oxygens (including phenoxy) is 1. The average molecular weight is 303 g/mol. The third-order valence-corrected chi connectivity index (χ3v) is 3.24. The monoisotopic (exact) mass is 303 g/mol. The molecule has 0 amide bonds. The molecule has 0 spiro atoms. The van der Waals surface area contributed by atoms with Crippen LogP contribution < -0.4 is 10.1 Å². The first-order valence-electron chi connectivity index (χ1n) is 7.53. The molecule has 0 bridgehead atoms. The van der Waals surface area contributed by atoms with Gasteiger partial charge in [0.25, 0.3) is 0 Å². The number of hydrogen-bond donors (Lipinski definition) is 1. The second kappa shape index (κ2) is 8.80. The summed E-state index contributed by atoms with van der Waals surface area (Å²) in [5.41, 5.74) is 0.811. The van der Waals surface area contributed by atoms with E-state index in [2.05, 4.69) is 23.9 Å². The van der Waals surface area contributed by atoms with E-state index in [1.807, 2.05) is 0 Å².